The topological polar surface area (TPSA) is 75.6 Å². The van der Waals surface area contributed by atoms with Crippen molar-refractivity contribution in [1.29, 1.82) is 0 Å². The van der Waals surface area contributed by atoms with Gasteiger partial charge in [0.15, 0.2) is 6.10 Å². The Morgan fingerprint density at radius 3 is 2.94 bits per heavy atom. The van der Waals surface area contributed by atoms with Crippen LogP contribution in [-0.2, 0) is 4.79 Å². The van der Waals surface area contributed by atoms with E-state index in [4.69, 9.17) is 9.84 Å². The van der Waals surface area contributed by atoms with Gasteiger partial charge >= 0.3 is 5.97 Å². The SMILES string of the molecule is CCCC1Oc2cc(C(=O)O)ccc2NC1=O. The van der Waals surface area contributed by atoms with Crippen LogP contribution in [0.1, 0.15) is 30.1 Å². The zero-order valence-corrected chi connectivity index (χ0v) is 9.40. The summed E-state index contributed by atoms with van der Waals surface area (Å²) in [4.78, 5) is 22.4. The van der Waals surface area contributed by atoms with Gasteiger partial charge in [-0.05, 0) is 24.6 Å². The molecule has 0 aliphatic carbocycles. The van der Waals surface area contributed by atoms with Gasteiger partial charge in [0.05, 0.1) is 11.3 Å². The van der Waals surface area contributed by atoms with Gasteiger partial charge in [-0.15, -0.1) is 0 Å². The molecule has 0 saturated carbocycles. The molecular formula is C12H13NO4. The second-order valence-corrected chi connectivity index (χ2v) is 3.90. The molecule has 90 valence electrons. The van der Waals surface area contributed by atoms with Gasteiger partial charge in [0.1, 0.15) is 5.75 Å². The minimum atomic E-state index is -1.01. The second-order valence-electron chi connectivity index (χ2n) is 3.90. The molecule has 1 atom stereocenters. The van der Waals surface area contributed by atoms with Crippen molar-refractivity contribution in [3.8, 4) is 5.75 Å². The highest BCUT2D eigenvalue weighted by Gasteiger charge is 2.27. The lowest BCUT2D eigenvalue weighted by atomic mass is 10.1. The van der Waals surface area contributed by atoms with Crippen molar-refractivity contribution in [2.24, 2.45) is 0 Å². The van der Waals surface area contributed by atoms with Gasteiger partial charge < -0.3 is 15.2 Å². The van der Waals surface area contributed by atoms with Gasteiger partial charge in [-0.3, -0.25) is 4.79 Å². The van der Waals surface area contributed by atoms with Crippen LogP contribution < -0.4 is 10.1 Å². The molecule has 0 saturated heterocycles. The number of carbonyl (C=O) groups is 2. The monoisotopic (exact) mass is 235 g/mol. The molecule has 2 N–H and O–H groups in total. The lowest BCUT2D eigenvalue weighted by Gasteiger charge is -2.25. The lowest BCUT2D eigenvalue weighted by molar-refractivity contribution is -0.123. The molecule has 5 heteroatoms. The maximum absolute atomic E-state index is 11.6. The first-order valence-corrected chi connectivity index (χ1v) is 5.46. The number of anilines is 1. The first-order valence-electron chi connectivity index (χ1n) is 5.46. The third-order valence-electron chi connectivity index (χ3n) is 2.60. The van der Waals surface area contributed by atoms with E-state index in [-0.39, 0.29) is 11.5 Å². The molecule has 1 unspecified atom stereocenters. The van der Waals surface area contributed by atoms with Gasteiger partial charge in [-0.1, -0.05) is 13.3 Å². The molecule has 0 bridgehead atoms. The third-order valence-corrected chi connectivity index (χ3v) is 2.60. The Hall–Kier alpha value is -2.04. The Bertz CT molecular complexity index is 470. The van der Waals surface area contributed by atoms with Crippen LogP contribution >= 0.6 is 0 Å². The number of carboxylic acids is 1. The number of amides is 1. The normalized spacial score (nSPS) is 17.9. The molecule has 2 rings (SSSR count). The number of rotatable bonds is 3. The summed E-state index contributed by atoms with van der Waals surface area (Å²) >= 11 is 0. The van der Waals surface area contributed by atoms with E-state index in [1.54, 1.807) is 6.07 Å². The van der Waals surface area contributed by atoms with Crippen molar-refractivity contribution in [3.63, 3.8) is 0 Å². The van der Waals surface area contributed by atoms with Gasteiger partial charge in [0.2, 0.25) is 0 Å². The summed E-state index contributed by atoms with van der Waals surface area (Å²) in [5.74, 6) is -0.772. The molecular weight excluding hydrogens is 222 g/mol. The Labute approximate surface area is 98.4 Å². The highest BCUT2D eigenvalue weighted by atomic mass is 16.5. The fraction of sp³-hybridized carbons (Fsp3) is 0.333. The van der Waals surface area contributed by atoms with Crippen LogP contribution in [0, 0.1) is 0 Å². The van der Waals surface area contributed by atoms with Crippen LogP contribution in [0.15, 0.2) is 18.2 Å². The second kappa shape index (κ2) is 4.45. The van der Waals surface area contributed by atoms with E-state index in [0.29, 0.717) is 17.9 Å². The van der Waals surface area contributed by atoms with E-state index in [1.807, 2.05) is 6.92 Å². The molecule has 0 fully saturated rings. The maximum atomic E-state index is 11.6. The standard InChI is InChI=1S/C12H13NO4/c1-2-3-9-11(14)13-8-5-4-7(12(15)16)6-10(8)17-9/h4-6,9H,2-3H2,1H3,(H,13,14)(H,15,16). The van der Waals surface area contributed by atoms with Gasteiger partial charge in [0, 0.05) is 0 Å². The zero-order valence-electron chi connectivity index (χ0n) is 9.40. The number of nitrogens with one attached hydrogen (secondary N) is 1. The van der Waals surface area contributed by atoms with Crippen molar-refractivity contribution in [2.75, 3.05) is 5.32 Å². The van der Waals surface area contributed by atoms with Crippen LogP contribution in [-0.4, -0.2) is 23.1 Å². The van der Waals surface area contributed by atoms with Gasteiger partial charge in [-0.25, -0.2) is 4.79 Å². The number of hydrogen-bond donors (Lipinski definition) is 2. The van der Waals surface area contributed by atoms with E-state index >= 15 is 0 Å². The van der Waals surface area contributed by atoms with Crippen LogP contribution in [0.2, 0.25) is 0 Å². The van der Waals surface area contributed by atoms with E-state index in [0.717, 1.165) is 6.42 Å². The van der Waals surface area contributed by atoms with Crippen LogP contribution in [0.25, 0.3) is 0 Å². The summed E-state index contributed by atoms with van der Waals surface area (Å²) < 4.78 is 5.50. The molecule has 1 aromatic carbocycles. The smallest absolute Gasteiger partial charge is 0.335 e. The molecule has 1 aliphatic rings. The summed E-state index contributed by atoms with van der Waals surface area (Å²) in [6.45, 7) is 1.96. The van der Waals surface area contributed by atoms with Crippen LogP contribution in [0.5, 0.6) is 5.75 Å². The molecule has 1 heterocycles. The highest BCUT2D eigenvalue weighted by Crippen LogP contribution is 2.31. The molecule has 1 amide bonds. The molecule has 1 aromatic rings. The quantitative estimate of drug-likeness (QED) is 0.838. The Kier molecular flexibility index (Phi) is 2.99. The molecule has 0 aromatic heterocycles. The first-order chi connectivity index (χ1) is 8.11. The predicted molar refractivity (Wildman–Crippen MR) is 61.4 cm³/mol. The number of ether oxygens (including phenoxy) is 1. The van der Waals surface area contributed by atoms with Crippen molar-refractivity contribution >= 4 is 17.6 Å². The lowest BCUT2D eigenvalue weighted by Crippen LogP contribution is -2.36. The molecule has 17 heavy (non-hydrogen) atoms. The molecule has 0 spiro atoms. The predicted octanol–water partition coefficient (Wildman–Crippen LogP) is 1.88. The number of benzene rings is 1. The number of fused-ring (bicyclic) bond motifs is 1. The van der Waals surface area contributed by atoms with Crippen molar-refractivity contribution in [3.05, 3.63) is 23.8 Å². The Balaban J connectivity index is 2.30. The number of carbonyl (C=O) groups excluding carboxylic acids is 1. The van der Waals surface area contributed by atoms with E-state index in [2.05, 4.69) is 5.32 Å². The summed E-state index contributed by atoms with van der Waals surface area (Å²) in [5.41, 5.74) is 0.669. The van der Waals surface area contributed by atoms with E-state index in [9.17, 15) is 9.59 Å². The van der Waals surface area contributed by atoms with Crippen molar-refractivity contribution < 1.29 is 19.4 Å². The molecule has 0 radical (unpaired) electrons. The zero-order chi connectivity index (χ0) is 12.4. The number of hydrogen-bond acceptors (Lipinski definition) is 3. The molecule has 1 aliphatic heterocycles. The van der Waals surface area contributed by atoms with Gasteiger partial charge in [-0.2, -0.15) is 0 Å². The summed E-state index contributed by atoms with van der Waals surface area (Å²) in [5, 5.41) is 11.6. The minimum Gasteiger partial charge on any atom is -0.478 e. The summed E-state index contributed by atoms with van der Waals surface area (Å²) in [6, 6.07) is 4.41. The van der Waals surface area contributed by atoms with Crippen molar-refractivity contribution in [1.82, 2.24) is 0 Å². The highest BCUT2D eigenvalue weighted by molar-refractivity contribution is 5.99. The van der Waals surface area contributed by atoms with E-state index in [1.165, 1.54) is 12.1 Å². The average Bonchev–Trinajstić information content (AvgIpc) is 2.29. The maximum Gasteiger partial charge on any atom is 0.335 e. The average molecular weight is 235 g/mol. The summed E-state index contributed by atoms with van der Waals surface area (Å²) in [6.07, 6.45) is 0.908. The minimum absolute atomic E-state index is 0.148. The van der Waals surface area contributed by atoms with Crippen molar-refractivity contribution in [2.45, 2.75) is 25.9 Å². The fourth-order valence-corrected chi connectivity index (χ4v) is 1.73. The first kappa shape index (κ1) is 11.4. The number of aromatic carboxylic acids is 1. The van der Waals surface area contributed by atoms with Gasteiger partial charge in [0.25, 0.3) is 5.91 Å². The Morgan fingerprint density at radius 2 is 2.29 bits per heavy atom. The largest absolute Gasteiger partial charge is 0.478 e. The fourth-order valence-electron chi connectivity index (χ4n) is 1.73. The van der Waals surface area contributed by atoms with Crippen LogP contribution in [0.4, 0.5) is 5.69 Å². The molecule has 5 nitrogen and oxygen atoms in total. The van der Waals surface area contributed by atoms with E-state index < -0.39 is 12.1 Å². The Morgan fingerprint density at radius 1 is 1.53 bits per heavy atom. The van der Waals surface area contributed by atoms with Crippen LogP contribution in [0.3, 0.4) is 0 Å². The third kappa shape index (κ3) is 2.22. The summed E-state index contributed by atoms with van der Waals surface area (Å²) in [7, 11) is 0. The number of carboxylic acid groups (broad SMARTS) is 1.